The Morgan fingerprint density at radius 3 is 1.82 bits per heavy atom. The standard InChI is InChI=1S/C62H45BN2S/c1-60(2,3)36-29-31-37(32-30-36)65-56-43(34-33-42-40-19-6-10-21-46(40)61(4,5)54(42)56)44-35-45-41-20-9-15-28-53(41)66-59(45)58-55(44)63(65)51-26-16-25-50-57(51)64(58)52-27-14-13-24-49(52)62(50)47-22-11-7-17-38(47)39-18-8-12-23-48(39)62/h6-35H,1-5H3. The van der Waals surface area contributed by atoms with Gasteiger partial charge in [0, 0.05) is 43.5 Å². The maximum absolute atomic E-state index is 2.79. The van der Waals surface area contributed by atoms with E-state index in [0.717, 1.165) is 0 Å². The fourth-order valence-corrected chi connectivity index (χ4v) is 14.7. The van der Waals surface area contributed by atoms with Crippen molar-refractivity contribution in [2.75, 3.05) is 9.71 Å². The number of nitrogens with zero attached hydrogens (tertiary/aromatic N) is 2. The molecule has 0 amide bonds. The highest BCUT2D eigenvalue weighted by molar-refractivity contribution is 7.26. The molecule has 0 radical (unpaired) electrons. The fourth-order valence-electron chi connectivity index (χ4n) is 13.5. The molecule has 2 nitrogen and oxygen atoms in total. The van der Waals surface area contributed by atoms with Gasteiger partial charge >= 0.3 is 6.85 Å². The van der Waals surface area contributed by atoms with Crippen molar-refractivity contribution in [3.05, 3.63) is 221 Å². The number of benzene rings is 9. The average Bonchev–Trinajstić information content (AvgIpc) is 3.94. The van der Waals surface area contributed by atoms with Gasteiger partial charge in [0.15, 0.2) is 0 Å². The number of thiophene rings is 1. The third-order valence-corrected chi connectivity index (χ3v) is 17.4. The number of para-hydroxylation sites is 2. The van der Waals surface area contributed by atoms with Gasteiger partial charge < -0.3 is 9.71 Å². The minimum atomic E-state index is -0.517. The molecule has 0 atom stereocenters. The first kappa shape index (κ1) is 37.1. The van der Waals surface area contributed by atoms with E-state index in [2.05, 4.69) is 226 Å². The molecule has 9 aromatic carbocycles. The molecule has 4 heteroatoms. The zero-order chi connectivity index (χ0) is 44.0. The van der Waals surface area contributed by atoms with Crippen molar-refractivity contribution in [3.63, 3.8) is 0 Å². The van der Waals surface area contributed by atoms with E-state index in [1.165, 1.54) is 132 Å². The largest absolute Gasteiger partial charge is 0.376 e. The lowest BCUT2D eigenvalue weighted by molar-refractivity contribution is 0.590. The molecule has 0 N–H and O–H groups in total. The smallest absolute Gasteiger partial charge is 0.333 e. The van der Waals surface area contributed by atoms with Crippen LogP contribution in [0.1, 0.15) is 73.6 Å². The van der Waals surface area contributed by atoms with E-state index in [4.69, 9.17) is 0 Å². The highest BCUT2D eigenvalue weighted by Gasteiger charge is 2.57. The van der Waals surface area contributed by atoms with Gasteiger partial charge in [-0.15, -0.1) is 11.3 Å². The minimum absolute atomic E-state index is 0.0230. The fraction of sp³-hybridized carbons (Fsp3) is 0.129. The van der Waals surface area contributed by atoms with Crippen LogP contribution in [-0.2, 0) is 16.2 Å². The summed E-state index contributed by atoms with van der Waals surface area (Å²) >= 11 is 1.96. The van der Waals surface area contributed by atoms with Crippen molar-refractivity contribution < 1.29 is 0 Å². The van der Waals surface area contributed by atoms with Gasteiger partial charge in [0.25, 0.3) is 0 Å². The molecular weight excluding hydrogens is 816 g/mol. The lowest BCUT2D eigenvalue weighted by atomic mass is 9.42. The first-order valence-corrected chi connectivity index (χ1v) is 24.4. The summed E-state index contributed by atoms with van der Waals surface area (Å²) in [5.41, 5.74) is 26.0. The molecule has 0 saturated heterocycles. The molecule has 15 rings (SSSR count). The van der Waals surface area contributed by atoms with Crippen LogP contribution in [0.25, 0.3) is 53.6 Å². The van der Waals surface area contributed by atoms with Gasteiger partial charge in [0.05, 0.1) is 21.5 Å². The van der Waals surface area contributed by atoms with E-state index in [-0.39, 0.29) is 17.7 Å². The third-order valence-electron chi connectivity index (χ3n) is 16.2. The number of anilines is 5. The Bertz CT molecular complexity index is 3760. The van der Waals surface area contributed by atoms with Gasteiger partial charge in [-0.1, -0.05) is 186 Å². The van der Waals surface area contributed by atoms with E-state index >= 15 is 0 Å². The number of hydrogen-bond donors (Lipinski definition) is 0. The normalized spacial score (nSPS) is 15.8. The van der Waals surface area contributed by atoms with Crippen LogP contribution in [0.2, 0.25) is 0 Å². The second-order valence-corrected chi connectivity index (χ2v) is 21.8. The van der Waals surface area contributed by atoms with Crippen LogP contribution in [0.5, 0.6) is 0 Å². The maximum atomic E-state index is 2.79. The van der Waals surface area contributed by atoms with E-state index in [1.54, 1.807) is 0 Å². The van der Waals surface area contributed by atoms with Crippen molar-refractivity contribution in [1.29, 1.82) is 0 Å². The van der Waals surface area contributed by atoms with E-state index < -0.39 is 5.41 Å². The molecule has 1 spiro atoms. The second-order valence-electron chi connectivity index (χ2n) is 20.7. The van der Waals surface area contributed by atoms with Crippen molar-refractivity contribution in [1.82, 2.24) is 0 Å². The molecule has 0 unspecified atom stereocenters. The Balaban J connectivity index is 1.15. The van der Waals surface area contributed by atoms with Crippen LogP contribution in [0.15, 0.2) is 182 Å². The SMILES string of the molecule is CC(C)(C)c1ccc(N2B3c4cccc5c4N(c4ccccc4C54c5ccccc5-c5ccccc54)c4c3c(cc3c4sc4ccccc43)-c3ccc4c(c32)C(C)(C)c2ccccc2-4)cc1. The minimum Gasteiger partial charge on any atom is -0.376 e. The molecule has 0 bridgehead atoms. The van der Waals surface area contributed by atoms with Gasteiger partial charge in [0.2, 0.25) is 0 Å². The first-order chi connectivity index (χ1) is 32.2. The van der Waals surface area contributed by atoms with Crippen molar-refractivity contribution >= 4 is 77.7 Å². The third kappa shape index (κ3) is 4.31. The molecule has 10 aromatic rings. The summed E-state index contributed by atoms with van der Waals surface area (Å²) in [6, 6.07) is 70.4. The van der Waals surface area contributed by atoms with Crippen LogP contribution < -0.4 is 20.6 Å². The highest BCUT2D eigenvalue weighted by Crippen LogP contribution is 2.66. The topological polar surface area (TPSA) is 6.48 Å². The van der Waals surface area contributed by atoms with E-state index in [9.17, 15) is 0 Å². The molecular formula is C62H45BN2S. The average molecular weight is 861 g/mol. The molecule has 2 aliphatic carbocycles. The van der Waals surface area contributed by atoms with Gasteiger partial charge in [-0.3, -0.25) is 0 Å². The van der Waals surface area contributed by atoms with Gasteiger partial charge in [0.1, 0.15) is 0 Å². The Morgan fingerprint density at radius 2 is 1.09 bits per heavy atom. The Hall–Kier alpha value is -7.14. The maximum Gasteiger partial charge on any atom is 0.333 e. The lowest BCUT2D eigenvalue weighted by Gasteiger charge is -2.52. The van der Waals surface area contributed by atoms with E-state index in [0.29, 0.717) is 0 Å². The zero-order valence-electron chi connectivity index (χ0n) is 37.7. The number of hydrogen-bond acceptors (Lipinski definition) is 3. The molecule has 4 heterocycles. The molecule has 66 heavy (non-hydrogen) atoms. The predicted octanol–water partition coefficient (Wildman–Crippen LogP) is 15.0. The van der Waals surface area contributed by atoms with E-state index in [1.807, 2.05) is 11.3 Å². The van der Waals surface area contributed by atoms with Crippen LogP contribution in [0, 0.1) is 0 Å². The van der Waals surface area contributed by atoms with Crippen LogP contribution in [-0.4, -0.2) is 6.85 Å². The summed E-state index contributed by atoms with van der Waals surface area (Å²) in [5, 5.41) is 2.65. The Labute approximate surface area is 390 Å². The zero-order valence-corrected chi connectivity index (χ0v) is 38.5. The molecule has 5 aliphatic rings. The quantitative estimate of drug-likeness (QED) is 0.152. The first-order valence-electron chi connectivity index (χ1n) is 23.6. The summed E-state index contributed by atoms with van der Waals surface area (Å²) < 4.78 is 2.67. The molecule has 3 aliphatic heterocycles. The van der Waals surface area contributed by atoms with Gasteiger partial charge in [-0.05, 0) is 113 Å². The van der Waals surface area contributed by atoms with Gasteiger partial charge in [-0.2, -0.15) is 0 Å². The summed E-state index contributed by atoms with van der Waals surface area (Å²) in [6.45, 7) is 11.8. The summed E-state index contributed by atoms with van der Waals surface area (Å²) in [6.07, 6.45) is 0. The molecule has 0 saturated carbocycles. The van der Waals surface area contributed by atoms with Crippen molar-refractivity contribution in [3.8, 4) is 33.4 Å². The molecule has 312 valence electrons. The molecule has 1 aromatic heterocycles. The number of rotatable bonds is 1. The van der Waals surface area contributed by atoms with Gasteiger partial charge in [-0.25, -0.2) is 0 Å². The number of fused-ring (bicyclic) bond motifs is 21. The summed E-state index contributed by atoms with van der Waals surface area (Å²) in [4.78, 5) is 5.51. The highest BCUT2D eigenvalue weighted by atomic mass is 32.1. The Kier molecular flexibility index (Phi) is 6.97. The van der Waals surface area contributed by atoms with Crippen LogP contribution in [0.4, 0.5) is 28.4 Å². The molecule has 0 fully saturated rings. The lowest BCUT2D eigenvalue weighted by Crippen LogP contribution is -2.63. The summed E-state index contributed by atoms with van der Waals surface area (Å²) in [5.74, 6) is 0. The van der Waals surface area contributed by atoms with Crippen LogP contribution in [0.3, 0.4) is 0 Å². The predicted molar refractivity (Wildman–Crippen MR) is 280 cm³/mol. The monoisotopic (exact) mass is 860 g/mol. The Morgan fingerprint density at radius 1 is 0.485 bits per heavy atom. The van der Waals surface area contributed by atoms with Crippen LogP contribution >= 0.6 is 11.3 Å². The van der Waals surface area contributed by atoms with Crippen molar-refractivity contribution in [2.45, 2.75) is 50.9 Å². The summed E-state index contributed by atoms with van der Waals surface area (Å²) in [7, 11) is 0. The van der Waals surface area contributed by atoms with Crippen molar-refractivity contribution in [2.24, 2.45) is 0 Å². The second kappa shape index (κ2) is 12.4.